The smallest absolute Gasteiger partial charge is 0.0477 e. The molecule has 0 aliphatic carbocycles. The van der Waals surface area contributed by atoms with Crippen molar-refractivity contribution in [2.24, 2.45) is 0 Å². The summed E-state index contributed by atoms with van der Waals surface area (Å²) in [5, 5.41) is 3.58. The third kappa shape index (κ3) is 4.43. The summed E-state index contributed by atoms with van der Waals surface area (Å²) >= 11 is 0. The van der Waals surface area contributed by atoms with Crippen molar-refractivity contribution < 1.29 is 4.74 Å². The summed E-state index contributed by atoms with van der Waals surface area (Å²) in [6, 6.07) is 4.94. The Morgan fingerprint density at radius 2 is 1.78 bits per heavy atom. The van der Waals surface area contributed by atoms with Gasteiger partial charge in [0.15, 0.2) is 0 Å². The summed E-state index contributed by atoms with van der Waals surface area (Å²) in [6.45, 7) is 13.5. The number of hydrogen-bond acceptors (Lipinski definition) is 2. The van der Waals surface area contributed by atoms with E-state index in [0.29, 0.717) is 6.04 Å². The van der Waals surface area contributed by atoms with Crippen LogP contribution in [-0.4, -0.2) is 19.8 Å². The first-order valence-corrected chi connectivity index (χ1v) is 6.95. The Labute approximate surface area is 112 Å². The van der Waals surface area contributed by atoms with Crippen molar-refractivity contribution >= 4 is 0 Å². The third-order valence-electron chi connectivity index (χ3n) is 3.29. The van der Waals surface area contributed by atoms with E-state index in [1.807, 2.05) is 6.92 Å². The molecule has 0 spiro atoms. The molecule has 0 saturated carbocycles. The highest BCUT2D eigenvalue weighted by atomic mass is 16.5. The largest absolute Gasteiger partial charge is 0.382 e. The number of nitrogens with one attached hydrogen (secondary N) is 1. The van der Waals surface area contributed by atoms with E-state index in [2.05, 4.69) is 45.1 Å². The van der Waals surface area contributed by atoms with Gasteiger partial charge in [0.2, 0.25) is 0 Å². The van der Waals surface area contributed by atoms with E-state index in [4.69, 9.17) is 4.74 Å². The molecule has 0 radical (unpaired) electrons. The van der Waals surface area contributed by atoms with Crippen LogP contribution >= 0.6 is 0 Å². The summed E-state index contributed by atoms with van der Waals surface area (Å²) in [5.41, 5.74) is 5.56. The van der Waals surface area contributed by atoms with Gasteiger partial charge in [0.1, 0.15) is 0 Å². The quantitative estimate of drug-likeness (QED) is 0.744. The van der Waals surface area contributed by atoms with Crippen LogP contribution in [0.25, 0.3) is 0 Å². The van der Waals surface area contributed by atoms with Crippen molar-refractivity contribution in [1.29, 1.82) is 0 Å². The fourth-order valence-electron chi connectivity index (χ4n) is 2.61. The van der Waals surface area contributed by atoms with Crippen LogP contribution in [0.4, 0.5) is 0 Å². The fourth-order valence-corrected chi connectivity index (χ4v) is 2.61. The van der Waals surface area contributed by atoms with E-state index >= 15 is 0 Å². The Kier molecular flexibility index (Phi) is 6.37. The van der Waals surface area contributed by atoms with E-state index in [0.717, 1.165) is 26.2 Å². The van der Waals surface area contributed by atoms with Crippen molar-refractivity contribution in [3.63, 3.8) is 0 Å². The van der Waals surface area contributed by atoms with Gasteiger partial charge in [0.25, 0.3) is 0 Å². The number of aryl methyl sites for hydroxylation is 3. The number of rotatable bonds is 7. The molecule has 0 fully saturated rings. The van der Waals surface area contributed by atoms with Crippen molar-refractivity contribution in [3.05, 3.63) is 34.4 Å². The summed E-state index contributed by atoms with van der Waals surface area (Å²) in [5.74, 6) is 0. The lowest BCUT2D eigenvalue weighted by Gasteiger charge is -2.20. The monoisotopic (exact) mass is 249 g/mol. The van der Waals surface area contributed by atoms with Crippen LogP contribution in [0.15, 0.2) is 12.1 Å². The highest BCUT2D eigenvalue weighted by Crippen LogP contribution is 2.23. The molecule has 1 aromatic carbocycles. The first-order valence-electron chi connectivity index (χ1n) is 6.95. The fraction of sp³-hybridized carbons (Fsp3) is 0.625. The second kappa shape index (κ2) is 7.55. The lowest BCUT2D eigenvalue weighted by Crippen LogP contribution is -2.22. The molecule has 0 saturated heterocycles. The first kappa shape index (κ1) is 15.2. The SMILES string of the molecule is CCOCCCNC(C)c1c(C)cc(C)cc1C. The van der Waals surface area contributed by atoms with Crippen LogP contribution in [-0.2, 0) is 4.74 Å². The lowest BCUT2D eigenvalue weighted by atomic mass is 9.95. The van der Waals surface area contributed by atoms with Crippen LogP contribution in [0.5, 0.6) is 0 Å². The second-order valence-corrected chi connectivity index (χ2v) is 5.04. The molecule has 1 N–H and O–H groups in total. The molecule has 102 valence electrons. The summed E-state index contributed by atoms with van der Waals surface area (Å²) in [4.78, 5) is 0. The predicted octanol–water partition coefficient (Wildman–Crippen LogP) is 3.69. The summed E-state index contributed by atoms with van der Waals surface area (Å²) in [6.07, 6.45) is 1.07. The molecule has 1 aromatic rings. The Hall–Kier alpha value is -0.860. The van der Waals surface area contributed by atoms with Crippen LogP contribution < -0.4 is 5.32 Å². The van der Waals surface area contributed by atoms with Crippen molar-refractivity contribution in [2.75, 3.05) is 19.8 Å². The van der Waals surface area contributed by atoms with Gasteiger partial charge < -0.3 is 10.1 Å². The molecule has 0 heterocycles. The maximum Gasteiger partial charge on any atom is 0.0477 e. The van der Waals surface area contributed by atoms with Gasteiger partial charge in [0, 0.05) is 19.3 Å². The molecule has 0 aromatic heterocycles. The minimum Gasteiger partial charge on any atom is -0.382 e. The van der Waals surface area contributed by atoms with E-state index in [-0.39, 0.29) is 0 Å². The van der Waals surface area contributed by atoms with Gasteiger partial charge in [-0.05, 0) is 64.3 Å². The molecular weight excluding hydrogens is 222 g/mol. The van der Waals surface area contributed by atoms with Crippen molar-refractivity contribution in [1.82, 2.24) is 5.32 Å². The zero-order valence-electron chi connectivity index (χ0n) is 12.5. The standard InChI is InChI=1S/C16H27NO/c1-6-18-9-7-8-17-15(5)16-13(3)10-12(2)11-14(16)4/h10-11,15,17H,6-9H2,1-5H3. The molecule has 1 unspecified atom stereocenters. The Balaban J connectivity index is 2.53. The molecule has 0 bridgehead atoms. The molecule has 0 amide bonds. The maximum atomic E-state index is 5.34. The summed E-state index contributed by atoms with van der Waals surface area (Å²) in [7, 11) is 0. The minimum absolute atomic E-state index is 0.409. The van der Waals surface area contributed by atoms with Crippen molar-refractivity contribution in [3.8, 4) is 0 Å². The van der Waals surface area contributed by atoms with E-state index in [1.165, 1.54) is 22.3 Å². The zero-order chi connectivity index (χ0) is 13.5. The van der Waals surface area contributed by atoms with Crippen molar-refractivity contribution in [2.45, 2.75) is 47.1 Å². The van der Waals surface area contributed by atoms with Gasteiger partial charge in [0.05, 0.1) is 0 Å². The normalized spacial score (nSPS) is 12.7. The van der Waals surface area contributed by atoms with Crippen LogP contribution in [0.1, 0.15) is 48.6 Å². The number of benzene rings is 1. The van der Waals surface area contributed by atoms with Gasteiger partial charge >= 0.3 is 0 Å². The van der Waals surface area contributed by atoms with Gasteiger partial charge in [-0.25, -0.2) is 0 Å². The topological polar surface area (TPSA) is 21.3 Å². The summed E-state index contributed by atoms with van der Waals surface area (Å²) < 4.78 is 5.34. The van der Waals surface area contributed by atoms with E-state index < -0.39 is 0 Å². The molecule has 2 nitrogen and oxygen atoms in total. The molecule has 0 aliphatic rings. The van der Waals surface area contributed by atoms with E-state index in [9.17, 15) is 0 Å². The Morgan fingerprint density at radius 1 is 1.17 bits per heavy atom. The van der Waals surface area contributed by atoms with Gasteiger partial charge in [-0.15, -0.1) is 0 Å². The van der Waals surface area contributed by atoms with Gasteiger partial charge in [-0.3, -0.25) is 0 Å². The van der Waals surface area contributed by atoms with Crippen LogP contribution in [0, 0.1) is 20.8 Å². The molecule has 2 heteroatoms. The lowest BCUT2D eigenvalue weighted by molar-refractivity contribution is 0.144. The second-order valence-electron chi connectivity index (χ2n) is 5.04. The average Bonchev–Trinajstić information content (AvgIpc) is 2.27. The Bertz CT molecular complexity index is 350. The Morgan fingerprint density at radius 3 is 2.33 bits per heavy atom. The van der Waals surface area contributed by atoms with Crippen LogP contribution in [0.2, 0.25) is 0 Å². The highest BCUT2D eigenvalue weighted by molar-refractivity contribution is 5.39. The third-order valence-corrected chi connectivity index (χ3v) is 3.29. The number of ether oxygens (including phenoxy) is 1. The molecule has 1 atom stereocenters. The molecule has 18 heavy (non-hydrogen) atoms. The zero-order valence-corrected chi connectivity index (χ0v) is 12.5. The average molecular weight is 249 g/mol. The molecular formula is C16H27NO. The highest BCUT2D eigenvalue weighted by Gasteiger charge is 2.10. The van der Waals surface area contributed by atoms with Gasteiger partial charge in [-0.2, -0.15) is 0 Å². The maximum absolute atomic E-state index is 5.34. The first-order chi connectivity index (χ1) is 8.56. The van der Waals surface area contributed by atoms with Gasteiger partial charge in [-0.1, -0.05) is 17.7 Å². The number of hydrogen-bond donors (Lipinski definition) is 1. The minimum atomic E-state index is 0.409. The van der Waals surface area contributed by atoms with Crippen LogP contribution in [0.3, 0.4) is 0 Å². The molecule has 1 rings (SSSR count). The molecule has 0 aliphatic heterocycles. The predicted molar refractivity (Wildman–Crippen MR) is 78.2 cm³/mol. The van der Waals surface area contributed by atoms with E-state index in [1.54, 1.807) is 0 Å².